The number of carbonyl (C=O) groups is 1. The molecule has 4 rings (SSSR count). The van der Waals surface area contributed by atoms with Crippen LogP contribution in [0.2, 0.25) is 5.02 Å². The second kappa shape index (κ2) is 10.4. The van der Waals surface area contributed by atoms with Gasteiger partial charge < -0.3 is 10.1 Å². The molecule has 1 heterocycles. The topological polar surface area (TPSA) is 51.2 Å². The van der Waals surface area contributed by atoms with Crippen molar-refractivity contribution in [3.63, 3.8) is 0 Å². The summed E-state index contributed by atoms with van der Waals surface area (Å²) in [5.74, 6) is -1.97. The molecule has 0 bridgehead atoms. The summed E-state index contributed by atoms with van der Waals surface area (Å²) in [5, 5.41) is 3.24. The normalized spacial score (nSPS) is 15.4. The van der Waals surface area contributed by atoms with Gasteiger partial charge in [-0.1, -0.05) is 41.9 Å². The summed E-state index contributed by atoms with van der Waals surface area (Å²) in [5.41, 5.74) is -0.605. The molecular weight excluding hydrogens is 503 g/mol. The number of aromatic nitrogens is 1. The first-order chi connectivity index (χ1) is 17.1. The molecule has 10 heteroatoms. The summed E-state index contributed by atoms with van der Waals surface area (Å²) in [6.07, 6.45) is -5.57. The number of rotatable bonds is 10. The highest BCUT2D eigenvalue weighted by Crippen LogP contribution is 2.38. The molecule has 0 unspecified atom stereocenters. The molecule has 1 aliphatic rings. The Kier molecular flexibility index (Phi) is 7.49. The Hall–Kier alpha value is -3.20. The van der Waals surface area contributed by atoms with Crippen molar-refractivity contribution in [3.05, 3.63) is 94.5 Å². The fourth-order valence-electron chi connectivity index (χ4n) is 3.99. The number of nitrogens with zero attached hydrogens (tertiary/aromatic N) is 1. The van der Waals surface area contributed by atoms with E-state index < -0.39 is 29.6 Å². The second-order valence-corrected chi connectivity index (χ2v) is 9.20. The first-order valence-corrected chi connectivity index (χ1v) is 11.6. The maximum atomic E-state index is 14.7. The van der Waals surface area contributed by atoms with Crippen molar-refractivity contribution in [2.24, 2.45) is 5.92 Å². The van der Waals surface area contributed by atoms with E-state index in [1.54, 1.807) is 30.3 Å². The predicted molar refractivity (Wildman–Crippen MR) is 124 cm³/mol. The van der Waals surface area contributed by atoms with Crippen molar-refractivity contribution in [1.82, 2.24) is 10.3 Å². The van der Waals surface area contributed by atoms with Gasteiger partial charge in [-0.3, -0.25) is 9.78 Å². The molecule has 0 radical (unpaired) electrons. The van der Waals surface area contributed by atoms with Crippen LogP contribution >= 0.6 is 11.6 Å². The maximum absolute atomic E-state index is 14.7. The van der Waals surface area contributed by atoms with Gasteiger partial charge in [0.25, 0.3) is 0 Å². The monoisotopic (exact) mass is 524 g/mol. The third kappa shape index (κ3) is 6.13. The lowest BCUT2D eigenvalue weighted by molar-refractivity contribution is -0.253. The van der Waals surface area contributed by atoms with Gasteiger partial charge in [-0.15, -0.1) is 0 Å². The molecule has 2 aromatic carbocycles. The summed E-state index contributed by atoms with van der Waals surface area (Å²) >= 11 is 6.02. The van der Waals surface area contributed by atoms with Crippen molar-refractivity contribution in [2.45, 2.75) is 43.8 Å². The first kappa shape index (κ1) is 25.9. The molecule has 0 aliphatic heterocycles. The number of nitrogens with one attached hydrogen (secondary N) is 1. The smallest absolute Gasteiger partial charge is 0.428 e. The Bertz CT molecular complexity index is 1210. The van der Waals surface area contributed by atoms with Crippen LogP contribution in [0.5, 0.6) is 5.75 Å². The van der Waals surface area contributed by atoms with Gasteiger partial charge in [-0.25, -0.2) is 4.39 Å². The highest BCUT2D eigenvalue weighted by atomic mass is 35.5. The molecule has 1 atom stereocenters. The molecular formula is C26H22ClF5N2O2. The molecule has 1 saturated carbocycles. The van der Waals surface area contributed by atoms with E-state index in [2.05, 4.69) is 15.0 Å². The number of amides is 1. The van der Waals surface area contributed by atoms with Gasteiger partial charge in [0.1, 0.15) is 17.1 Å². The SMILES string of the molecule is O=C(CC1CC1)N[C@@](Cc1ccccc1)(c1cc(F)cc(OC(F)(F)C(F)F)c1)c1ccc(Cl)cn1. The maximum Gasteiger partial charge on any atom is 0.461 e. The van der Waals surface area contributed by atoms with Crippen molar-refractivity contribution in [2.75, 3.05) is 0 Å². The number of pyridine rings is 1. The summed E-state index contributed by atoms with van der Waals surface area (Å²) in [6.45, 7) is 0. The Morgan fingerprint density at radius 2 is 1.83 bits per heavy atom. The number of ether oxygens (including phenoxy) is 1. The Morgan fingerprint density at radius 3 is 2.44 bits per heavy atom. The van der Waals surface area contributed by atoms with Crippen molar-refractivity contribution < 1.29 is 31.5 Å². The standard InChI is InChI=1S/C26H22ClF5N2O2/c27-19-8-9-22(33-15-19)25(14-17-4-2-1-3-5-17,34-23(35)10-16-6-7-16)18-11-20(28)13-21(12-18)36-26(31,32)24(29)30/h1-5,8-9,11-13,15-16,24H,6-7,10,14H2,(H,34,35)/t25-/m0/s1. The van der Waals surface area contributed by atoms with E-state index in [0.717, 1.165) is 25.0 Å². The summed E-state index contributed by atoms with van der Waals surface area (Å²) in [6, 6.07) is 14.6. The molecule has 1 fully saturated rings. The Balaban J connectivity index is 1.88. The molecule has 3 aromatic rings. The molecule has 1 amide bonds. The Morgan fingerprint density at radius 1 is 1.11 bits per heavy atom. The molecule has 1 N–H and O–H groups in total. The molecule has 190 valence electrons. The molecule has 1 aromatic heterocycles. The Labute approximate surface area is 209 Å². The quantitative estimate of drug-likeness (QED) is 0.307. The van der Waals surface area contributed by atoms with E-state index in [0.29, 0.717) is 16.7 Å². The average molecular weight is 525 g/mol. The summed E-state index contributed by atoms with van der Waals surface area (Å²) in [4.78, 5) is 17.4. The first-order valence-electron chi connectivity index (χ1n) is 11.2. The largest absolute Gasteiger partial charge is 0.461 e. The number of benzene rings is 2. The van der Waals surface area contributed by atoms with E-state index in [9.17, 15) is 26.7 Å². The van der Waals surface area contributed by atoms with Crippen molar-refractivity contribution in [3.8, 4) is 5.75 Å². The van der Waals surface area contributed by atoms with Crippen LogP contribution in [0.3, 0.4) is 0 Å². The average Bonchev–Trinajstić information content (AvgIpc) is 3.63. The third-order valence-corrected chi connectivity index (χ3v) is 6.10. The summed E-state index contributed by atoms with van der Waals surface area (Å²) < 4.78 is 71.8. The van der Waals surface area contributed by atoms with Crippen LogP contribution in [-0.2, 0) is 16.8 Å². The minimum atomic E-state index is -4.85. The van der Waals surface area contributed by atoms with E-state index in [4.69, 9.17) is 11.6 Å². The fraction of sp³-hybridized carbons (Fsp3) is 0.308. The zero-order valence-electron chi connectivity index (χ0n) is 18.9. The van der Waals surface area contributed by atoms with Gasteiger partial charge in [0.15, 0.2) is 0 Å². The molecule has 0 saturated heterocycles. The molecule has 1 aliphatic carbocycles. The highest BCUT2D eigenvalue weighted by Gasteiger charge is 2.45. The van der Waals surface area contributed by atoms with Gasteiger partial charge in [0, 0.05) is 25.1 Å². The number of alkyl halides is 4. The number of hydrogen-bond donors (Lipinski definition) is 1. The molecule has 4 nitrogen and oxygen atoms in total. The zero-order chi connectivity index (χ0) is 25.9. The highest BCUT2D eigenvalue weighted by molar-refractivity contribution is 6.30. The fourth-order valence-corrected chi connectivity index (χ4v) is 4.11. The van der Waals surface area contributed by atoms with E-state index in [1.165, 1.54) is 18.3 Å². The van der Waals surface area contributed by atoms with Crippen LogP contribution in [0.1, 0.15) is 36.1 Å². The van der Waals surface area contributed by atoms with Crippen LogP contribution < -0.4 is 10.1 Å². The van der Waals surface area contributed by atoms with Crippen molar-refractivity contribution >= 4 is 17.5 Å². The van der Waals surface area contributed by atoms with E-state index in [-0.39, 0.29) is 35.9 Å². The van der Waals surface area contributed by atoms with E-state index >= 15 is 0 Å². The van der Waals surface area contributed by atoms with Crippen LogP contribution in [0, 0.1) is 11.7 Å². The van der Waals surface area contributed by atoms with Gasteiger partial charge in [0.2, 0.25) is 5.91 Å². The number of halogens is 6. The predicted octanol–water partition coefficient (Wildman–Crippen LogP) is 6.51. The minimum absolute atomic E-state index is 0.00890. The van der Waals surface area contributed by atoms with E-state index in [1.807, 2.05) is 0 Å². The van der Waals surface area contributed by atoms with Gasteiger partial charge in [-0.05, 0) is 54.2 Å². The van der Waals surface area contributed by atoms with Gasteiger partial charge in [0.05, 0.1) is 10.7 Å². The zero-order valence-corrected chi connectivity index (χ0v) is 19.6. The third-order valence-electron chi connectivity index (χ3n) is 5.87. The lowest BCUT2D eigenvalue weighted by atomic mass is 9.80. The van der Waals surface area contributed by atoms with Crippen LogP contribution in [-0.4, -0.2) is 23.4 Å². The number of carbonyl (C=O) groups excluding carboxylic acids is 1. The van der Waals surface area contributed by atoms with Gasteiger partial charge >= 0.3 is 12.5 Å². The lowest BCUT2D eigenvalue weighted by Gasteiger charge is -2.36. The lowest BCUT2D eigenvalue weighted by Crippen LogP contribution is -2.49. The van der Waals surface area contributed by atoms with Crippen molar-refractivity contribution in [1.29, 1.82) is 0 Å². The minimum Gasteiger partial charge on any atom is -0.428 e. The van der Waals surface area contributed by atoms with Crippen LogP contribution in [0.4, 0.5) is 22.0 Å². The van der Waals surface area contributed by atoms with Gasteiger partial charge in [-0.2, -0.15) is 17.6 Å². The van der Waals surface area contributed by atoms with Crippen LogP contribution in [0.15, 0.2) is 66.9 Å². The second-order valence-electron chi connectivity index (χ2n) is 8.77. The number of hydrogen-bond acceptors (Lipinski definition) is 3. The molecule has 0 spiro atoms. The van der Waals surface area contributed by atoms with Crippen LogP contribution in [0.25, 0.3) is 0 Å². The molecule has 36 heavy (non-hydrogen) atoms. The summed E-state index contributed by atoms with van der Waals surface area (Å²) in [7, 11) is 0.